The van der Waals surface area contributed by atoms with E-state index in [-0.39, 0.29) is 0 Å². The van der Waals surface area contributed by atoms with Gasteiger partial charge in [0.05, 0.1) is 12.1 Å². The van der Waals surface area contributed by atoms with Crippen molar-refractivity contribution in [1.29, 1.82) is 0 Å². The van der Waals surface area contributed by atoms with Crippen LogP contribution in [0, 0.1) is 6.92 Å². The molecular weight excluding hydrogens is 281 g/mol. The van der Waals surface area contributed by atoms with Crippen LogP contribution in [-0.2, 0) is 6.54 Å². The molecule has 0 heterocycles. The van der Waals surface area contributed by atoms with Crippen LogP contribution in [0.1, 0.15) is 11.1 Å². The fourth-order valence-corrected chi connectivity index (χ4v) is 2.25. The average molecular weight is 296 g/mol. The molecule has 100 valence electrons. The van der Waals surface area contributed by atoms with Gasteiger partial charge in [-0.25, -0.2) is 0 Å². The SMILES string of the molecule is COc1ccc(CNc2cc(Cl)ccc2C)cc1Cl. The highest BCUT2D eigenvalue weighted by atomic mass is 35.5. The predicted molar refractivity (Wildman–Crippen MR) is 81.5 cm³/mol. The number of ether oxygens (including phenoxy) is 1. The maximum atomic E-state index is 6.09. The monoisotopic (exact) mass is 295 g/mol. The first-order valence-electron chi connectivity index (χ1n) is 5.92. The molecule has 0 aliphatic heterocycles. The highest BCUT2D eigenvalue weighted by molar-refractivity contribution is 6.32. The zero-order valence-electron chi connectivity index (χ0n) is 10.8. The van der Waals surface area contributed by atoms with Gasteiger partial charge in [0.25, 0.3) is 0 Å². The lowest BCUT2D eigenvalue weighted by Gasteiger charge is -2.11. The van der Waals surface area contributed by atoms with Gasteiger partial charge in [-0.1, -0.05) is 35.3 Å². The summed E-state index contributed by atoms with van der Waals surface area (Å²) in [5.41, 5.74) is 3.27. The Morgan fingerprint density at radius 2 is 1.89 bits per heavy atom. The van der Waals surface area contributed by atoms with Gasteiger partial charge in [0.15, 0.2) is 0 Å². The number of hydrogen-bond acceptors (Lipinski definition) is 2. The van der Waals surface area contributed by atoms with E-state index >= 15 is 0 Å². The largest absolute Gasteiger partial charge is 0.495 e. The zero-order valence-corrected chi connectivity index (χ0v) is 12.3. The Kier molecular flexibility index (Phi) is 4.56. The summed E-state index contributed by atoms with van der Waals surface area (Å²) in [7, 11) is 1.61. The molecule has 2 aromatic rings. The van der Waals surface area contributed by atoms with Gasteiger partial charge in [0.1, 0.15) is 5.75 Å². The fraction of sp³-hybridized carbons (Fsp3) is 0.200. The van der Waals surface area contributed by atoms with Crippen molar-refractivity contribution in [3.8, 4) is 5.75 Å². The van der Waals surface area contributed by atoms with E-state index < -0.39 is 0 Å². The fourth-order valence-electron chi connectivity index (χ4n) is 1.80. The van der Waals surface area contributed by atoms with Gasteiger partial charge in [-0.2, -0.15) is 0 Å². The van der Waals surface area contributed by atoms with E-state index in [9.17, 15) is 0 Å². The van der Waals surface area contributed by atoms with Crippen molar-refractivity contribution >= 4 is 28.9 Å². The Morgan fingerprint density at radius 1 is 1.11 bits per heavy atom. The van der Waals surface area contributed by atoms with Gasteiger partial charge in [-0.3, -0.25) is 0 Å². The molecule has 4 heteroatoms. The molecule has 2 aromatic carbocycles. The molecule has 0 aliphatic carbocycles. The summed E-state index contributed by atoms with van der Waals surface area (Å²) >= 11 is 12.1. The maximum Gasteiger partial charge on any atom is 0.137 e. The minimum absolute atomic E-state index is 0.615. The summed E-state index contributed by atoms with van der Waals surface area (Å²) in [6.45, 7) is 2.73. The zero-order chi connectivity index (χ0) is 13.8. The van der Waals surface area contributed by atoms with E-state index in [1.54, 1.807) is 7.11 Å². The summed E-state index contributed by atoms with van der Waals surface area (Å²) in [5.74, 6) is 0.685. The van der Waals surface area contributed by atoms with E-state index in [0.717, 1.165) is 21.8 Å². The van der Waals surface area contributed by atoms with E-state index in [2.05, 4.69) is 5.32 Å². The second kappa shape index (κ2) is 6.18. The van der Waals surface area contributed by atoms with E-state index in [1.165, 1.54) is 0 Å². The normalized spacial score (nSPS) is 10.3. The van der Waals surface area contributed by atoms with Crippen molar-refractivity contribution in [1.82, 2.24) is 0 Å². The van der Waals surface area contributed by atoms with E-state index in [4.69, 9.17) is 27.9 Å². The number of benzene rings is 2. The number of anilines is 1. The summed E-state index contributed by atoms with van der Waals surface area (Å²) in [5, 5.41) is 4.69. The van der Waals surface area contributed by atoms with Crippen LogP contribution in [0.4, 0.5) is 5.69 Å². The van der Waals surface area contributed by atoms with Crippen LogP contribution in [0.5, 0.6) is 5.75 Å². The average Bonchev–Trinajstić information content (AvgIpc) is 2.40. The topological polar surface area (TPSA) is 21.3 Å². The molecule has 0 amide bonds. The molecule has 0 aromatic heterocycles. The van der Waals surface area contributed by atoms with Crippen molar-refractivity contribution in [3.05, 3.63) is 57.6 Å². The van der Waals surface area contributed by atoms with Crippen LogP contribution in [0.3, 0.4) is 0 Å². The lowest BCUT2D eigenvalue weighted by atomic mass is 10.1. The molecule has 0 atom stereocenters. The summed E-state index contributed by atoms with van der Waals surface area (Å²) < 4.78 is 5.13. The molecule has 0 saturated heterocycles. The Bertz CT molecular complexity index is 584. The molecule has 1 N–H and O–H groups in total. The number of nitrogens with one attached hydrogen (secondary N) is 1. The second-order valence-corrected chi connectivity index (χ2v) is 5.13. The molecule has 0 unspecified atom stereocenters. The van der Waals surface area contributed by atoms with Gasteiger partial charge in [0.2, 0.25) is 0 Å². The quantitative estimate of drug-likeness (QED) is 0.864. The van der Waals surface area contributed by atoms with Gasteiger partial charge in [-0.05, 0) is 42.3 Å². The van der Waals surface area contributed by atoms with Gasteiger partial charge in [-0.15, -0.1) is 0 Å². The third kappa shape index (κ3) is 3.55. The highest BCUT2D eigenvalue weighted by Crippen LogP contribution is 2.26. The Labute approximate surface area is 123 Å². The van der Waals surface area contributed by atoms with E-state index in [0.29, 0.717) is 17.3 Å². The standard InChI is InChI=1S/C15H15Cl2NO/c1-10-3-5-12(16)8-14(10)18-9-11-4-6-15(19-2)13(17)7-11/h3-8,18H,9H2,1-2H3. The number of methoxy groups -OCH3 is 1. The summed E-state index contributed by atoms with van der Waals surface area (Å²) in [4.78, 5) is 0. The van der Waals surface area contributed by atoms with Gasteiger partial charge < -0.3 is 10.1 Å². The third-order valence-corrected chi connectivity index (χ3v) is 3.43. The van der Waals surface area contributed by atoms with Crippen LogP contribution >= 0.6 is 23.2 Å². The highest BCUT2D eigenvalue weighted by Gasteiger charge is 2.03. The number of aryl methyl sites for hydroxylation is 1. The van der Waals surface area contributed by atoms with E-state index in [1.807, 2.05) is 43.3 Å². The molecule has 0 aliphatic rings. The number of hydrogen-bond donors (Lipinski definition) is 1. The minimum Gasteiger partial charge on any atom is -0.495 e. The Hall–Kier alpha value is -1.38. The van der Waals surface area contributed by atoms with Crippen molar-refractivity contribution < 1.29 is 4.74 Å². The van der Waals surface area contributed by atoms with Crippen LogP contribution in [0.2, 0.25) is 10.0 Å². The Morgan fingerprint density at radius 3 is 2.58 bits per heavy atom. The first kappa shape index (κ1) is 14.0. The molecule has 0 radical (unpaired) electrons. The molecular formula is C15H15Cl2NO. The van der Waals surface area contributed by atoms with Gasteiger partial charge in [0, 0.05) is 17.3 Å². The first-order valence-corrected chi connectivity index (χ1v) is 6.68. The van der Waals surface area contributed by atoms with Crippen LogP contribution in [-0.4, -0.2) is 7.11 Å². The maximum absolute atomic E-state index is 6.09. The van der Waals surface area contributed by atoms with Crippen molar-refractivity contribution in [2.75, 3.05) is 12.4 Å². The van der Waals surface area contributed by atoms with Crippen LogP contribution < -0.4 is 10.1 Å². The molecule has 0 bridgehead atoms. The van der Waals surface area contributed by atoms with Gasteiger partial charge >= 0.3 is 0 Å². The molecule has 2 nitrogen and oxygen atoms in total. The number of halogens is 2. The van der Waals surface area contributed by atoms with Crippen molar-refractivity contribution in [2.45, 2.75) is 13.5 Å². The Balaban J connectivity index is 2.10. The molecule has 0 fully saturated rings. The van der Waals surface area contributed by atoms with Crippen LogP contribution in [0.25, 0.3) is 0 Å². The number of rotatable bonds is 4. The van der Waals surface area contributed by atoms with Crippen molar-refractivity contribution in [2.24, 2.45) is 0 Å². The second-order valence-electron chi connectivity index (χ2n) is 4.28. The summed E-state index contributed by atoms with van der Waals surface area (Å²) in [6.07, 6.45) is 0. The minimum atomic E-state index is 0.615. The third-order valence-electron chi connectivity index (χ3n) is 2.90. The van der Waals surface area contributed by atoms with Crippen molar-refractivity contribution in [3.63, 3.8) is 0 Å². The molecule has 2 rings (SSSR count). The molecule has 19 heavy (non-hydrogen) atoms. The molecule has 0 spiro atoms. The molecule has 0 saturated carbocycles. The predicted octanol–water partition coefficient (Wildman–Crippen LogP) is 4.92. The lowest BCUT2D eigenvalue weighted by molar-refractivity contribution is 0.415. The first-order chi connectivity index (χ1) is 9.10. The lowest BCUT2D eigenvalue weighted by Crippen LogP contribution is -2.01. The van der Waals surface area contributed by atoms with Crippen LogP contribution in [0.15, 0.2) is 36.4 Å². The smallest absolute Gasteiger partial charge is 0.137 e. The summed E-state index contributed by atoms with van der Waals surface area (Å²) in [6, 6.07) is 11.5.